The predicted octanol–water partition coefficient (Wildman–Crippen LogP) is 4.54. The highest BCUT2D eigenvalue weighted by molar-refractivity contribution is 7.89. The lowest BCUT2D eigenvalue weighted by molar-refractivity contribution is -0.117. The van der Waals surface area contributed by atoms with Gasteiger partial charge in [0.25, 0.3) is 0 Å². The van der Waals surface area contributed by atoms with E-state index in [-0.39, 0.29) is 16.3 Å². The van der Waals surface area contributed by atoms with Crippen LogP contribution < -0.4 is 19.5 Å². The van der Waals surface area contributed by atoms with E-state index >= 15 is 0 Å². The lowest BCUT2D eigenvalue weighted by atomic mass is 10.1. The average Bonchev–Trinajstić information content (AvgIpc) is 2.79. The van der Waals surface area contributed by atoms with Gasteiger partial charge in [-0.3, -0.25) is 4.79 Å². The van der Waals surface area contributed by atoms with Gasteiger partial charge in [0.2, 0.25) is 15.9 Å². The summed E-state index contributed by atoms with van der Waals surface area (Å²) in [6.07, 6.45) is 0.110. The molecule has 1 unspecified atom stereocenters. The van der Waals surface area contributed by atoms with Gasteiger partial charge in [-0.05, 0) is 48.4 Å². The van der Waals surface area contributed by atoms with Crippen LogP contribution in [0.3, 0.4) is 0 Å². The Balaban J connectivity index is 1.92. The smallest absolute Gasteiger partial charge is 0.243 e. The van der Waals surface area contributed by atoms with Crippen LogP contribution in [0.25, 0.3) is 0 Å². The molecular weight excluding hydrogens is 487 g/mol. The SMILES string of the molecule is COc1ccc(S(=O)(=O)NC(Cc2ccccc2)C(=O)Nc2cc(Cl)ccc2OC)cc1Cl. The van der Waals surface area contributed by atoms with Crippen molar-refractivity contribution in [3.63, 3.8) is 0 Å². The van der Waals surface area contributed by atoms with Crippen molar-refractivity contribution in [2.24, 2.45) is 0 Å². The molecule has 1 atom stereocenters. The fraction of sp³-hybridized carbons (Fsp3) is 0.174. The number of ether oxygens (including phenoxy) is 2. The lowest BCUT2D eigenvalue weighted by Crippen LogP contribution is -2.45. The van der Waals surface area contributed by atoms with E-state index in [1.165, 1.54) is 38.5 Å². The molecule has 0 saturated carbocycles. The van der Waals surface area contributed by atoms with Gasteiger partial charge >= 0.3 is 0 Å². The van der Waals surface area contributed by atoms with E-state index in [1.54, 1.807) is 24.3 Å². The number of halogens is 2. The number of sulfonamides is 1. The summed E-state index contributed by atoms with van der Waals surface area (Å²) >= 11 is 12.1. The monoisotopic (exact) mass is 508 g/mol. The van der Waals surface area contributed by atoms with E-state index in [1.807, 2.05) is 18.2 Å². The molecule has 0 heterocycles. The standard InChI is InChI=1S/C23H22Cl2N2O5S/c1-31-21-11-9-17(14-18(21)25)33(29,30)27-20(12-15-6-4-3-5-7-15)23(28)26-19-13-16(24)8-10-22(19)32-2/h3-11,13-14,20,27H,12H2,1-2H3,(H,26,28). The van der Waals surface area contributed by atoms with Crippen LogP contribution in [0.5, 0.6) is 11.5 Å². The van der Waals surface area contributed by atoms with Gasteiger partial charge in [-0.1, -0.05) is 53.5 Å². The number of anilines is 1. The highest BCUT2D eigenvalue weighted by Crippen LogP contribution is 2.29. The van der Waals surface area contributed by atoms with Gasteiger partial charge in [-0.25, -0.2) is 8.42 Å². The first-order chi connectivity index (χ1) is 15.7. The van der Waals surface area contributed by atoms with Crippen LogP contribution in [0.1, 0.15) is 5.56 Å². The van der Waals surface area contributed by atoms with Crippen LogP contribution in [0, 0.1) is 0 Å². The molecule has 0 saturated heterocycles. The Labute approximate surface area is 202 Å². The lowest BCUT2D eigenvalue weighted by Gasteiger charge is -2.20. The Hall–Kier alpha value is -2.78. The minimum atomic E-state index is -4.10. The zero-order chi connectivity index (χ0) is 24.0. The number of methoxy groups -OCH3 is 2. The zero-order valence-corrected chi connectivity index (χ0v) is 20.2. The molecule has 0 radical (unpaired) electrons. The molecule has 0 spiro atoms. The first kappa shape index (κ1) is 24.9. The highest BCUT2D eigenvalue weighted by Gasteiger charge is 2.27. The molecule has 3 rings (SSSR count). The van der Waals surface area contributed by atoms with Gasteiger partial charge in [0.1, 0.15) is 17.5 Å². The maximum absolute atomic E-state index is 13.2. The average molecular weight is 509 g/mol. The number of hydrogen-bond donors (Lipinski definition) is 2. The fourth-order valence-electron chi connectivity index (χ4n) is 3.11. The van der Waals surface area contributed by atoms with Crippen molar-refractivity contribution in [3.8, 4) is 11.5 Å². The second-order valence-corrected chi connectivity index (χ2v) is 9.55. The molecule has 3 aromatic rings. The van der Waals surface area contributed by atoms with Crippen LogP contribution in [0.4, 0.5) is 5.69 Å². The van der Waals surface area contributed by atoms with Gasteiger partial charge in [0.05, 0.1) is 29.8 Å². The van der Waals surface area contributed by atoms with E-state index < -0.39 is 22.0 Å². The van der Waals surface area contributed by atoms with E-state index in [4.69, 9.17) is 32.7 Å². The van der Waals surface area contributed by atoms with E-state index in [0.717, 1.165) is 5.56 Å². The molecule has 174 valence electrons. The molecule has 0 aromatic heterocycles. The van der Waals surface area contributed by atoms with E-state index in [0.29, 0.717) is 22.2 Å². The number of nitrogens with one attached hydrogen (secondary N) is 2. The first-order valence-corrected chi connectivity index (χ1v) is 12.0. The molecule has 1 amide bonds. The van der Waals surface area contributed by atoms with Crippen LogP contribution in [-0.4, -0.2) is 34.6 Å². The molecule has 10 heteroatoms. The summed E-state index contributed by atoms with van der Waals surface area (Å²) < 4.78 is 39.0. The Morgan fingerprint density at radius 1 is 0.939 bits per heavy atom. The number of carbonyl (C=O) groups excluding carboxylic acids is 1. The number of carbonyl (C=O) groups is 1. The van der Waals surface area contributed by atoms with Gasteiger partial charge in [-0.2, -0.15) is 4.72 Å². The largest absolute Gasteiger partial charge is 0.495 e. The Morgan fingerprint density at radius 3 is 2.24 bits per heavy atom. The molecule has 0 aliphatic carbocycles. The molecule has 3 aromatic carbocycles. The summed E-state index contributed by atoms with van der Waals surface area (Å²) in [7, 11) is -1.21. The third-order valence-corrected chi connectivity index (χ3v) is 6.75. The van der Waals surface area contributed by atoms with Crippen LogP contribution >= 0.6 is 23.2 Å². The molecule has 0 bridgehead atoms. The molecule has 2 N–H and O–H groups in total. The summed E-state index contributed by atoms with van der Waals surface area (Å²) in [6.45, 7) is 0. The molecular formula is C23H22Cl2N2O5S. The van der Waals surface area contributed by atoms with Crippen molar-refractivity contribution in [1.82, 2.24) is 4.72 Å². The van der Waals surface area contributed by atoms with Crippen molar-refractivity contribution in [2.75, 3.05) is 19.5 Å². The summed E-state index contributed by atoms with van der Waals surface area (Å²) in [4.78, 5) is 13.1. The van der Waals surface area contributed by atoms with Crippen molar-refractivity contribution in [2.45, 2.75) is 17.4 Å². The Bertz CT molecular complexity index is 1240. The Morgan fingerprint density at radius 2 is 1.61 bits per heavy atom. The second-order valence-electron chi connectivity index (χ2n) is 6.99. The molecule has 7 nitrogen and oxygen atoms in total. The molecule has 0 aliphatic rings. The number of benzene rings is 3. The number of hydrogen-bond acceptors (Lipinski definition) is 5. The minimum absolute atomic E-state index is 0.0977. The topological polar surface area (TPSA) is 93.7 Å². The second kappa shape index (κ2) is 10.9. The van der Waals surface area contributed by atoms with Crippen molar-refractivity contribution < 1.29 is 22.7 Å². The molecule has 0 fully saturated rings. The zero-order valence-electron chi connectivity index (χ0n) is 17.8. The maximum atomic E-state index is 13.2. The van der Waals surface area contributed by atoms with E-state index in [9.17, 15) is 13.2 Å². The minimum Gasteiger partial charge on any atom is -0.495 e. The van der Waals surface area contributed by atoms with Gasteiger partial charge < -0.3 is 14.8 Å². The van der Waals surface area contributed by atoms with Gasteiger partial charge in [0.15, 0.2) is 0 Å². The van der Waals surface area contributed by atoms with Crippen molar-refractivity contribution in [1.29, 1.82) is 0 Å². The molecule has 0 aliphatic heterocycles. The quantitative estimate of drug-likeness (QED) is 0.442. The third kappa shape index (κ3) is 6.39. The van der Waals surface area contributed by atoms with Crippen LogP contribution in [-0.2, 0) is 21.2 Å². The highest BCUT2D eigenvalue weighted by atomic mass is 35.5. The number of rotatable bonds is 9. The van der Waals surface area contributed by atoms with Gasteiger partial charge in [-0.15, -0.1) is 0 Å². The first-order valence-electron chi connectivity index (χ1n) is 9.77. The summed E-state index contributed by atoms with van der Waals surface area (Å²) in [5, 5.41) is 3.23. The normalized spacial score (nSPS) is 12.1. The van der Waals surface area contributed by atoms with Crippen molar-refractivity contribution >= 4 is 44.8 Å². The number of amides is 1. The van der Waals surface area contributed by atoms with Crippen LogP contribution in [0.15, 0.2) is 71.6 Å². The summed E-state index contributed by atoms with van der Waals surface area (Å²) in [6, 6.07) is 16.7. The third-order valence-electron chi connectivity index (χ3n) is 4.75. The summed E-state index contributed by atoms with van der Waals surface area (Å²) in [5.41, 5.74) is 1.09. The fourth-order valence-corrected chi connectivity index (χ4v) is 4.82. The Kier molecular flexibility index (Phi) is 8.20. The van der Waals surface area contributed by atoms with Crippen LogP contribution in [0.2, 0.25) is 10.0 Å². The van der Waals surface area contributed by atoms with Gasteiger partial charge in [0, 0.05) is 5.02 Å². The van der Waals surface area contributed by atoms with E-state index in [2.05, 4.69) is 10.0 Å². The summed E-state index contributed by atoms with van der Waals surface area (Å²) in [5.74, 6) is 0.140. The maximum Gasteiger partial charge on any atom is 0.243 e. The molecule has 33 heavy (non-hydrogen) atoms. The van der Waals surface area contributed by atoms with Crippen molar-refractivity contribution in [3.05, 3.63) is 82.3 Å². The predicted molar refractivity (Wildman–Crippen MR) is 129 cm³/mol.